The Hall–Kier alpha value is -3.40. The number of benzene rings is 1. The Morgan fingerprint density at radius 1 is 1.23 bits per heavy atom. The van der Waals surface area contributed by atoms with Gasteiger partial charge >= 0.3 is 6.03 Å². The van der Waals surface area contributed by atoms with Crippen LogP contribution in [0.15, 0.2) is 48.9 Å². The van der Waals surface area contributed by atoms with Crippen LogP contribution in [0.1, 0.15) is 25.0 Å². The molecule has 0 bridgehead atoms. The van der Waals surface area contributed by atoms with E-state index >= 15 is 0 Å². The number of β-amino-alcohol motifs (C(OH)–C–C–N with tert-alkyl or cyclic N) is 1. The standard InChI is InChI=1S/C24H22Cl2N6O3/c1-13(22-18(25)10-27-11-19(22)26)35-16-3-4-20-17(8-16)23(31-30-20)14-2-5-21(28-9-14)29-24(34)32-7-6-15(33)12-32/h2-5,8-11,13,15,33H,6-7,12H2,1H3,(H,30,31)(H,28,29,34)/t13-,15?/m1/s1. The zero-order valence-corrected chi connectivity index (χ0v) is 20.2. The first-order valence-electron chi connectivity index (χ1n) is 11.0. The maximum Gasteiger partial charge on any atom is 0.323 e. The van der Waals surface area contributed by atoms with E-state index in [2.05, 4.69) is 25.5 Å². The van der Waals surface area contributed by atoms with Crippen LogP contribution >= 0.6 is 23.2 Å². The van der Waals surface area contributed by atoms with Crippen LogP contribution in [0.5, 0.6) is 5.75 Å². The molecule has 4 aromatic rings. The van der Waals surface area contributed by atoms with E-state index in [4.69, 9.17) is 27.9 Å². The molecule has 1 unspecified atom stereocenters. The molecule has 2 atom stereocenters. The number of aromatic nitrogens is 4. The number of carbonyl (C=O) groups excluding carboxylic acids is 1. The topological polar surface area (TPSA) is 116 Å². The monoisotopic (exact) mass is 512 g/mol. The molecule has 0 spiro atoms. The molecule has 1 saturated heterocycles. The number of aliphatic hydroxyl groups excluding tert-OH is 1. The summed E-state index contributed by atoms with van der Waals surface area (Å²) in [5.41, 5.74) is 2.98. The van der Waals surface area contributed by atoms with Crippen molar-refractivity contribution < 1.29 is 14.6 Å². The molecule has 3 N–H and O–H groups in total. The Balaban J connectivity index is 1.34. The zero-order valence-electron chi connectivity index (χ0n) is 18.7. The average Bonchev–Trinajstić information content (AvgIpc) is 3.46. The number of ether oxygens (including phenoxy) is 1. The SMILES string of the molecule is C[C@@H](Oc1ccc2[nH]nc(-c3ccc(NC(=O)N4CCC(O)C4)nc3)c2c1)c1c(Cl)cncc1Cl. The fraction of sp³-hybridized carbons (Fsp3) is 0.250. The van der Waals surface area contributed by atoms with Crippen LogP contribution in [0.4, 0.5) is 10.6 Å². The molecule has 5 rings (SSSR count). The van der Waals surface area contributed by atoms with Crippen molar-refractivity contribution in [3.63, 3.8) is 0 Å². The second-order valence-electron chi connectivity index (χ2n) is 8.31. The number of aliphatic hydroxyl groups is 1. The Bertz CT molecular complexity index is 1360. The maximum atomic E-state index is 12.3. The summed E-state index contributed by atoms with van der Waals surface area (Å²) in [6.45, 7) is 2.71. The van der Waals surface area contributed by atoms with Crippen LogP contribution in [0.3, 0.4) is 0 Å². The fourth-order valence-corrected chi connectivity index (χ4v) is 4.75. The van der Waals surface area contributed by atoms with Crippen LogP contribution in [0.2, 0.25) is 10.0 Å². The summed E-state index contributed by atoms with van der Waals surface area (Å²) >= 11 is 12.5. The van der Waals surface area contributed by atoms with Gasteiger partial charge in [-0.3, -0.25) is 15.4 Å². The number of halogens is 2. The van der Waals surface area contributed by atoms with Crippen LogP contribution < -0.4 is 10.1 Å². The van der Waals surface area contributed by atoms with Crippen molar-refractivity contribution in [1.82, 2.24) is 25.1 Å². The molecule has 1 fully saturated rings. The smallest absolute Gasteiger partial charge is 0.323 e. The first-order chi connectivity index (χ1) is 16.9. The third-order valence-corrected chi connectivity index (χ3v) is 6.47. The molecule has 1 aliphatic rings. The number of carbonyl (C=O) groups is 1. The van der Waals surface area contributed by atoms with Crippen LogP contribution in [-0.2, 0) is 0 Å². The van der Waals surface area contributed by atoms with Crippen LogP contribution in [0.25, 0.3) is 22.2 Å². The predicted octanol–water partition coefficient (Wildman–Crippen LogP) is 5.07. The minimum Gasteiger partial charge on any atom is -0.486 e. The third kappa shape index (κ3) is 4.88. The number of urea groups is 1. The van der Waals surface area contributed by atoms with E-state index in [9.17, 15) is 9.90 Å². The lowest BCUT2D eigenvalue weighted by Crippen LogP contribution is -2.33. The van der Waals surface area contributed by atoms with Gasteiger partial charge in [0.15, 0.2) is 0 Å². The molecule has 180 valence electrons. The molecular weight excluding hydrogens is 491 g/mol. The number of likely N-dealkylation sites (tertiary alicyclic amines) is 1. The number of nitrogens with zero attached hydrogens (tertiary/aromatic N) is 4. The summed E-state index contributed by atoms with van der Waals surface area (Å²) in [5.74, 6) is 1.05. The summed E-state index contributed by atoms with van der Waals surface area (Å²) < 4.78 is 6.13. The number of hydrogen-bond acceptors (Lipinski definition) is 6. The molecule has 9 nitrogen and oxygen atoms in total. The highest BCUT2D eigenvalue weighted by atomic mass is 35.5. The molecule has 1 aliphatic heterocycles. The van der Waals surface area contributed by atoms with Crippen LogP contribution in [0, 0.1) is 0 Å². The Morgan fingerprint density at radius 3 is 2.71 bits per heavy atom. The lowest BCUT2D eigenvalue weighted by atomic mass is 10.1. The number of rotatable bonds is 5. The summed E-state index contributed by atoms with van der Waals surface area (Å²) in [6, 6.07) is 8.89. The number of H-pyrrole nitrogens is 1. The molecule has 11 heteroatoms. The van der Waals surface area contributed by atoms with Gasteiger partial charge in [0.05, 0.1) is 21.7 Å². The Labute approximate surface area is 211 Å². The highest BCUT2D eigenvalue weighted by molar-refractivity contribution is 6.35. The van der Waals surface area contributed by atoms with Crippen molar-refractivity contribution in [2.24, 2.45) is 0 Å². The van der Waals surface area contributed by atoms with Gasteiger partial charge in [0, 0.05) is 48.2 Å². The largest absolute Gasteiger partial charge is 0.486 e. The molecular formula is C24H22Cl2N6O3. The van der Waals surface area contributed by atoms with E-state index in [0.717, 1.165) is 16.5 Å². The number of pyridine rings is 2. The van der Waals surface area contributed by atoms with E-state index in [-0.39, 0.29) is 6.03 Å². The zero-order chi connectivity index (χ0) is 24.5. The first-order valence-corrected chi connectivity index (χ1v) is 11.8. The molecule has 3 aromatic heterocycles. The maximum absolute atomic E-state index is 12.3. The number of fused-ring (bicyclic) bond motifs is 1. The van der Waals surface area contributed by atoms with E-state index in [1.54, 1.807) is 17.2 Å². The first kappa shape index (κ1) is 23.3. The third-order valence-electron chi connectivity index (χ3n) is 5.87. The minimum atomic E-state index is -0.473. The molecule has 0 saturated carbocycles. The molecule has 0 aliphatic carbocycles. The van der Waals surface area contributed by atoms with Gasteiger partial charge in [-0.15, -0.1) is 0 Å². The van der Waals surface area contributed by atoms with Gasteiger partial charge in [-0.05, 0) is 43.7 Å². The predicted molar refractivity (Wildman–Crippen MR) is 134 cm³/mol. The van der Waals surface area contributed by atoms with E-state index in [0.29, 0.717) is 52.4 Å². The van der Waals surface area contributed by atoms with Crippen molar-refractivity contribution in [1.29, 1.82) is 0 Å². The number of aromatic amines is 1. The van der Waals surface area contributed by atoms with E-state index in [1.807, 2.05) is 31.2 Å². The Morgan fingerprint density at radius 2 is 2.03 bits per heavy atom. The molecule has 1 aromatic carbocycles. The fourth-order valence-electron chi connectivity index (χ4n) is 4.08. The summed E-state index contributed by atoms with van der Waals surface area (Å²) in [7, 11) is 0. The van der Waals surface area contributed by atoms with Gasteiger partial charge < -0.3 is 14.7 Å². The highest BCUT2D eigenvalue weighted by Gasteiger charge is 2.24. The molecule has 2 amide bonds. The van der Waals surface area contributed by atoms with Crippen molar-refractivity contribution >= 4 is 46.0 Å². The van der Waals surface area contributed by atoms with Gasteiger partial charge in [0.2, 0.25) is 0 Å². The molecule has 35 heavy (non-hydrogen) atoms. The second kappa shape index (κ2) is 9.69. The van der Waals surface area contributed by atoms with E-state index in [1.165, 1.54) is 12.4 Å². The van der Waals surface area contributed by atoms with Crippen molar-refractivity contribution in [2.45, 2.75) is 25.6 Å². The number of nitrogens with one attached hydrogen (secondary N) is 2. The number of amides is 2. The van der Waals surface area contributed by atoms with Crippen molar-refractivity contribution in [3.05, 3.63) is 64.5 Å². The average molecular weight is 513 g/mol. The minimum absolute atomic E-state index is 0.280. The summed E-state index contributed by atoms with van der Waals surface area (Å²) in [6.07, 6.45) is 4.43. The van der Waals surface area contributed by atoms with E-state index < -0.39 is 12.2 Å². The van der Waals surface area contributed by atoms with Crippen LogP contribution in [-0.4, -0.2) is 55.4 Å². The lowest BCUT2D eigenvalue weighted by molar-refractivity contribution is 0.176. The highest BCUT2D eigenvalue weighted by Crippen LogP contribution is 2.34. The molecule has 4 heterocycles. The second-order valence-corrected chi connectivity index (χ2v) is 9.12. The summed E-state index contributed by atoms with van der Waals surface area (Å²) in [4.78, 5) is 22.2. The van der Waals surface area contributed by atoms with Crippen molar-refractivity contribution in [2.75, 3.05) is 18.4 Å². The van der Waals surface area contributed by atoms with Gasteiger partial charge in [-0.1, -0.05) is 23.2 Å². The van der Waals surface area contributed by atoms with Crippen molar-refractivity contribution in [3.8, 4) is 17.0 Å². The normalized spacial score (nSPS) is 16.5. The Kier molecular flexibility index (Phi) is 6.46. The van der Waals surface area contributed by atoms with Gasteiger partial charge in [-0.25, -0.2) is 9.78 Å². The summed E-state index contributed by atoms with van der Waals surface area (Å²) in [5, 5.41) is 21.6. The lowest BCUT2D eigenvalue weighted by Gasteiger charge is -2.17. The van der Waals surface area contributed by atoms with Gasteiger partial charge in [-0.2, -0.15) is 5.10 Å². The van der Waals surface area contributed by atoms with Gasteiger partial charge in [0.1, 0.15) is 23.4 Å². The quantitative estimate of drug-likeness (QED) is 0.343. The number of anilines is 1. The molecule has 0 radical (unpaired) electrons. The number of hydrogen-bond donors (Lipinski definition) is 3. The van der Waals surface area contributed by atoms with Gasteiger partial charge in [0.25, 0.3) is 0 Å².